The van der Waals surface area contributed by atoms with Gasteiger partial charge in [-0.15, -0.1) is 11.3 Å². The van der Waals surface area contributed by atoms with Gasteiger partial charge in [-0.1, -0.05) is 0 Å². The predicted molar refractivity (Wildman–Crippen MR) is 85.6 cm³/mol. The molecule has 0 aliphatic heterocycles. The van der Waals surface area contributed by atoms with E-state index in [-0.39, 0.29) is 18.0 Å². The minimum Gasteiger partial charge on any atom is -0.349 e. The molecule has 0 bridgehead atoms. The zero-order valence-corrected chi connectivity index (χ0v) is 13.3. The summed E-state index contributed by atoms with van der Waals surface area (Å²) in [5.74, 6) is 0.496. The van der Waals surface area contributed by atoms with Gasteiger partial charge in [-0.3, -0.25) is 4.79 Å². The number of hydrogen-bond acceptors (Lipinski definition) is 6. The number of aryl methyl sites for hydroxylation is 1. The first-order chi connectivity index (χ1) is 10.6. The van der Waals surface area contributed by atoms with Crippen LogP contribution in [0, 0.1) is 6.92 Å². The SMILES string of the molecule is Cc1nc(-c2ncccn2)sc1C(=O)NC1CCC(N)CC1. The molecule has 0 atom stereocenters. The molecule has 0 spiro atoms. The molecular formula is C15H19N5OS. The molecule has 22 heavy (non-hydrogen) atoms. The number of thiazole rings is 1. The Morgan fingerprint density at radius 3 is 2.64 bits per heavy atom. The van der Waals surface area contributed by atoms with E-state index >= 15 is 0 Å². The summed E-state index contributed by atoms with van der Waals surface area (Å²) in [5.41, 5.74) is 6.62. The lowest BCUT2D eigenvalue weighted by atomic mass is 9.92. The van der Waals surface area contributed by atoms with E-state index in [1.807, 2.05) is 6.92 Å². The molecule has 0 saturated heterocycles. The number of hydrogen-bond donors (Lipinski definition) is 2. The molecule has 1 amide bonds. The molecule has 7 heteroatoms. The van der Waals surface area contributed by atoms with E-state index in [1.54, 1.807) is 18.5 Å². The molecule has 0 radical (unpaired) electrons. The van der Waals surface area contributed by atoms with Crippen molar-refractivity contribution in [1.29, 1.82) is 0 Å². The number of carbonyl (C=O) groups is 1. The summed E-state index contributed by atoms with van der Waals surface area (Å²) in [6.45, 7) is 1.84. The second-order valence-electron chi connectivity index (χ2n) is 5.59. The van der Waals surface area contributed by atoms with Gasteiger partial charge in [0.15, 0.2) is 10.8 Å². The molecule has 0 aromatic carbocycles. The van der Waals surface area contributed by atoms with Crippen LogP contribution in [0.15, 0.2) is 18.5 Å². The normalized spacial score (nSPS) is 21.5. The lowest BCUT2D eigenvalue weighted by Gasteiger charge is -2.26. The predicted octanol–water partition coefficient (Wildman–Crippen LogP) is 1.91. The zero-order valence-electron chi connectivity index (χ0n) is 12.5. The minimum atomic E-state index is -0.0577. The number of carbonyl (C=O) groups excluding carboxylic acids is 1. The van der Waals surface area contributed by atoms with Gasteiger partial charge < -0.3 is 11.1 Å². The van der Waals surface area contributed by atoms with Gasteiger partial charge in [-0.05, 0) is 38.7 Å². The average Bonchev–Trinajstić information content (AvgIpc) is 2.92. The Morgan fingerprint density at radius 2 is 1.95 bits per heavy atom. The number of nitrogens with one attached hydrogen (secondary N) is 1. The Hall–Kier alpha value is -1.86. The average molecular weight is 317 g/mol. The third-order valence-electron chi connectivity index (χ3n) is 3.87. The highest BCUT2D eigenvalue weighted by molar-refractivity contribution is 7.17. The fraction of sp³-hybridized carbons (Fsp3) is 0.467. The van der Waals surface area contributed by atoms with E-state index in [4.69, 9.17) is 5.73 Å². The second-order valence-corrected chi connectivity index (χ2v) is 6.59. The summed E-state index contributed by atoms with van der Waals surface area (Å²) in [6.07, 6.45) is 7.17. The van der Waals surface area contributed by atoms with Crippen molar-refractivity contribution in [3.63, 3.8) is 0 Å². The molecule has 116 valence electrons. The molecule has 6 nitrogen and oxygen atoms in total. The van der Waals surface area contributed by atoms with Crippen molar-refractivity contribution < 1.29 is 4.79 Å². The maximum absolute atomic E-state index is 12.4. The standard InChI is InChI=1S/C15H19N5OS/c1-9-12(14(21)20-11-5-3-10(16)4-6-11)22-15(19-9)13-17-7-2-8-18-13/h2,7-8,10-11H,3-6,16H2,1H3,(H,20,21). The van der Waals surface area contributed by atoms with Gasteiger partial charge in [0.1, 0.15) is 4.88 Å². The largest absolute Gasteiger partial charge is 0.349 e. The first kappa shape index (κ1) is 15.1. The van der Waals surface area contributed by atoms with E-state index in [2.05, 4.69) is 20.3 Å². The van der Waals surface area contributed by atoms with Crippen molar-refractivity contribution >= 4 is 17.2 Å². The third-order valence-corrected chi connectivity index (χ3v) is 5.02. The van der Waals surface area contributed by atoms with Crippen molar-refractivity contribution in [2.45, 2.75) is 44.7 Å². The highest BCUT2D eigenvalue weighted by Gasteiger charge is 2.23. The van der Waals surface area contributed by atoms with Crippen LogP contribution in [-0.4, -0.2) is 32.9 Å². The summed E-state index contributed by atoms with van der Waals surface area (Å²) >= 11 is 1.34. The molecule has 1 aliphatic carbocycles. The highest BCUT2D eigenvalue weighted by atomic mass is 32.1. The molecule has 1 aliphatic rings. The Bertz CT molecular complexity index is 649. The monoisotopic (exact) mass is 317 g/mol. The van der Waals surface area contributed by atoms with Crippen LogP contribution < -0.4 is 11.1 Å². The molecule has 3 rings (SSSR count). The van der Waals surface area contributed by atoms with E-state index < -0.39 is 0 Å². The van der Waals surface area contributed by atoms with E-state index in [1.165, 1.54) is 11.3 Å². The van der Waals surface area contributed by atoms with Crippen LogP contribution >= 0.6 is 11.3 Å². The van der Waals surface area contributed by atoms with Crippen LogP contribution in [0.1, 0.15) is 41.0 Å². The summed E-state index contributed by atoms with van der Waals surface area (Å²) < 4.78 is 0. The fourth-order valence-corrected chi connectivity index (χ4v) is 3.54. The quantitative estimate of drug-likeness (QED) is 0.902. The Morgan fingerprint density at radius 1 is 1.27 bits per heavy atom. The van der Waals surface area contributed by atoms with Gasteiger partial charge in [0, 0.05) is 24.5 Å². The summed E-state index contributed by atoms with van der Waals surface area (Å²) in [6, 6.07) is 2.25. The highest BCUT2D eigenvalue weighted by Crippen LogP contribution is 2.26. The number of nitrogens with zero attached hydrogens (tertiary/aromatic N) is 3. The van der Waals surface area contributed by atoms with Gasteiger partial charge in [0.2, 0.25) is 0 Å². The lowest BCUT2D eigenvalue weighted by Crippen LogP contribution is -2.40. The summed E-state index contributed by atoms with van der Waals surface area (Å²) in [5, 5.41) is 3.77. The summed E-state index contributed by atoms with van der Waals surface area (Å²) in [4.78, 5) is 25.9. The molecular weight excluding hydrogens is 298 g/mol. The van der Waals surface area contributed by atoms with Gasteiger partial charge >= 0.3 is 0 Å². The van der Waals surface area contributed by atoms with Gasteiger partial charge in [-0.2, -0.15) is 0 Å². The van der Waals surface area contributed by atoms with Crippen molar-refractivity contribution in [2.24, 2.45) is 5.73 Å². The number of rotatable bonds is 3. The van der Waals surface area contributed by atoms with Crippen molar-refractivity contribution in [2.75, 3.05) is 0 Å². The third kappa shape index (κ3) is 3.31. The first-order valence-corrected chi connectivity index (χ1v) is 8.26. The van der Waals surface area contributed by atoms with E-state index in [0.717, 1.165) is 31.4 Å². The zero-order chi connectivity index (χ0) is 15.5. The number of amides is 1. The van der Waals surface area contributed by atoms with Crippen LogP contribution in [0.5, 0.6) is 0 Å². The molecule has 3 N–H and O–H groups in total. The smallest absolute Gasteiger partial charge is 0.263 e. The maximum Gasteiger partial charge on any atom is 0.263 e. The van der Waals surface area contributed by atoms with Crippen molar-refractivity contribution in [3.8, 4) is 10.8 Å². The van der Waals surface area contributed by atoms with E-state index in [0.29, 0.717) is 15.7 Å². The molecule has 2 heterocycles. The maximum atomic E-state index is 12.4. The molecule has 1 saturated carbocycles. The Balaban J connectivity index is 1.72. The topological polar surface area (TPSA) is 93.8 Å². The van der Waals surface area contributed by atoms with Crippen LogP contribution in [-0.2, 0) is 0 Å². The second kappa shape index (κ2) is 6.50. The molecule has 2 aromatic rings. The van der Waals surface area contributed by atoms with Gasteiger partial charge in [0.05, 0.1) is 5.69 Å². The van der Waals surface area contributed by atoms with Gasteiger partial charge in [0.25, 0.3) is 5.91 Å². The van der Waals surface area contributed by atoms with Crippen LogP contribution in [0.3, 0.4) is 0 Å². The number of nitrogens with two attached hydrogens (primary N) is 1. The lowest BCUT2D eigenvalue weighted by molar-refractivity contribution is 0.0929. The van der Waals surface area contributed by atoms with Crippen LogP contribution in [0.4, 0.5) is 0 Å². The fourth-order valence-electron chi connectivity index (χ4n) is 2.63. The van der Waals surface area contributed by atoms with Crippen molar-refractivity contribution in [1.82, 2.24) is 20.3 Å². The van der Waals surface area contributed by atoms with Gasteiger partial charge in [-0.25, -0.2) is 15.0 Å². The molecule has 1 fully saturated rings. The van der Waals surface area contributed by atoms with Crippen molar-refractivity contribution in [3.05, 3.63) is 29.0 Å². The Labute approximate surface area is 133 Å². The van der Waals surface area contributed by atoms with Crippen LogP contribution in [0.2, 0.25) is 0 Å². The Kier molecular flexibility index (Phi) is 4.44. The summed E-state index contributed by atoms with van der Waals surface area (Å²) in [7, 11) is 0. The first-order valence-electron chi connectivity index (χ1n) is 7.44. The molecule has 0 unspecified atom stereocenters. The van der Waals surface area contributed by atoms with Crippen LogP contribution in [0.25, 0.3) is 10.8 Å². The minimum absolute atomic E-state index is 0.0577. The van der Waals surface area contributed by atoms with E-state index in [9.17, 15) is 4.79 Å². The number of aromatic nitrogens is 3. The molecule has 2 aromatic heterocycles.